The van der Waals surface area contributed by atoms with Crippen molar-refractivity contribution in [2.75, 3.05) is 12.4 Å². The van der Waals surface area contributed by atoms with Crippen molar-refractivity contribution in [2.24, 2.45) is 0 Å². The van der Waals surface area contributed by atoms with Crippen molar-refractivity contribution in [1.82, 2.24) is 24.6 Å². The van der Waals surface area contributed by atoms with E-state index in [4.69, 9.17) is 4.74 Å². The molecule has 3 aromatic rings. The second kappa shape index (κ2) is 7.87. The number of nitrogens with zero attached hydrogens (tertiary/aromatic N) is 4. The average Bonchev–Trinajstić information content (AvgIpc) is 3.10. The van der Waals surface area contributed by atoms with Gasteiger partial charge in [-0.1, -0.05) is 0 Å². The minimum atomic E-state index is -0.229. The van der Waals surface area contributed by atoms with E-state index in [1.165, 1.54) is 11.5 Å². The summed E-state index contributed by atoms with van der Waals surface area (Å²) >= 11 is 1.17. The molecule has 0 aliphatic heterocycles. The van der Waals surface area contributed by atoms with E-state index >= 15 is 0 Å². The fraction of sp³-hybridized carbons (Fsp3) is 0.235. The SMILES string of the molecule is CNC(=O)c1cccnc1Nc1nc(-c2ccc(OC(C)C)cn2)ns1. The van der Waals surface area contributed by atoms with Crippen molar-refractivity contribution in [1.29, 1.82) is 0 Å². The maximum Gasteiger partial charge on any atom is 0.254 e. The predicted molar refractivity (Wildman–Crippen MR) is 99.8 cm³/mol. The summed E-state index contributed by atoms with van der Waals surface area (Å²) in [5.74, 6) is 1.38. The third-order valence-corrected chi connectivity index (χ3v) is 3.90. The summed E-state index contributed by atoms with van der Waals surface area (Å²) < 4.78 is 9.88. The van der Waals surface area contributed by atoms with Crippen LogP contribution in [-0.4, -0.2) is 38.4 Å². The first-order valence-corrected chi connectivity index (χ1v) is 8.75. The lowest BCUT2D eigenvalue weighted by Crippen LogP contribution is -2.19. The Morgan fingerprint density at radius 3 is 2.77 bits per heavy atom. The molecule has 0 radical (unpaired) electrons. The minimum absolute atomic E-state index is 0.0868. The van der Waals surface area contributed by atoms with Crippen LogP contribution in [0.4, 0.5) is 10.9 Å². The Kier molecular flexibility index (Phi) is 5.37. The second-order valence-electron chi connectivity index (χ2n) is 5.57. The number of ether oxygens (including phenoxy) is 1. The highest BCUT2D eigenvalue weighted by molar-refractivity contribution is 7.09. The number of aromatic nitrogens is 4. The zero-order valence-electron chi connectivity index (χ0n) is 14.6. The van der Waals surface area contributed by atoms with E-state index in [9.17, 15) is 4.79 Å². The average molecular weight is 370 g/mol. The second-order valence-corrected chi connectivity index (χ2v) is 6.32. The molecule has 26 heavy (non-hydrogen) atoms. The molecule has 0 saturated carbocycles. The van der Waals surface area contributed by atoms with Crippen molar-refractivity contribution in [3.05, 3.63) is 42.2 Å². The lowest BCUT2D eigenvalue weighted by molar-refractivity contribution is 0.0963. The number of nitrogens with one attached hydrogen (secondary N) is 2. The predicted octanol–water partition coefficient (Wildman–Crippen LogP) is 2.89. The Balaban J connectivity index is 1.78. The maximum atomic E-state index is 11.9. The van der Waals surface area contributed by atoms with Crippen LogP contribution in [0, 0.1) is 0 Å². The number of carbonyl (C=O) groups excluding carboxylic acids is 1. The molecule has 3 aromatic heterocycles. The fourth-order valence-corrected chi connectivity index (χ4v) is 2.73. The maximum absolute atomic E-state index is 11.9. The van der Waals surface area contributed by atoms with E-state index in [-0.39, 0.29) is 12.0 Å². The van der Waals surface area contributed by atoms with Crippen LogP contribution in [0.5, 0.6) is 5.75 Å². The number of hydrogen-bond donors (Lipinski definition) is 2. The van der Waals surface area contributed by atoms with Gasteiger partial charge in [0.15, 0.2) is 5.82 Å². The van der Waals surface area contributed by atoms with Crippen molar-refractivity contribution in [3.63, 3.8) is 0 Å². The van der Waals surface area contributed by atoms with Gasteiger partial charge in [0.1, 0.15) is 17.3 Å². The van der Waals surface area contributed by atoms with Crippen LogP contribution >= 0.6 is 11.5 Å². The van der Waals surface area contributed by atoms with Crippen molar-refractivity contribution >= 4 is 28.4 Å². The van der Waals surface area contributed by atoms with E-state index in [1.54, 1.807) is 37.6 Å². The first kappa shape index (κ1) is 17.7. The van der Waals surface area contributed by atoms with Crippen molar-refractivity contribution < 1.29 is 9.53 Å². The molecule has 3 rings (SSSR count). The Labute approximate surface area is 154 Å². The number of anilines is 2. The number of hydrogen-bond acceptors (Lipinski definition) is 8. The number of amides is 1. The van der Waals surface area contributed by atoms with E-state index in [1.807, 2.05) is 19.9 Å². The normalized spacial score (nSPS) is 10.6. The van der Waals surface area contributed by atoms with Gasteiger partial charge in [-0.3, -0.25) is 4.79 Å². The molecule has 0 bridgehead atoms. The quantitative estimate of drug-likeness (QED) is 0.688. The van der Waals surface area contributed by atoms with Gasteiger partial charge in [-0.25, -0.2) is 9.97 Å². The Hall–Kier alpha value is -3.07. The molecule has 8 nitrogen and oxygen atoms in total. The number of pyridine rings is 2. The largest absolute Gasteiger partial charge is 0.489 e. The smallest absolute Gasteiger partial charge is 0.254 e. The monoisotopic (exact) mass is 370 g/mol. The van der Waals surface area contributed by atoms with E-state index in [2.05, 4.69) is 30.0 Å². The van der Waals surface area contributed by atoms with Gasteiger partial charge in [-0.2, -0.15) is 9.36 Å². The molecule has 0 aliphatic rings. The summed E-state index contributed by atoms with van der Waals surface area (Å²) in [6.07, 6.45) is 3.33. The number of carbonyl (C=O) groups is 1. The summed E-state index contributed by atoms with van der Waals surface area (Å²) in [4.78, 5) is 24.9. The Bertz CT molecular complexity index is 894. The van der Waals surface area contributed by atoms with E-state index in [0.717, 1.165) is 0 Å². The molecule has 0 spiro atoms. The fourth-order valence-electron chi connectivity index (χ4n) is 2.16. The van der Waals surface area contributed by atoms with Gasteiger partial charge >= 0.3 is 0 Å². The molecule has 0 unspecified atom stereocenters. The first-order valence-electron chi connectivity index (χ1n) is 7.97. The topological polar surface area (TPSA) is 102 Å². The summed E-state index contributed by atoms with van der Waals surface area (Å²) in [5, 5.41) is 6.14. The van der Waals surface area contributed by atoms with Crippen molar-refractivity contribution in [3.8, 4) is 17.3 Å². The van der Waals surface area contributed by atoms with Gasteiger partial charge in [0.2, 0.25) is 5.13 Å². The van der Waals surface area contributed by atoms with Crippen LogP contribution in [0.25, 0.3) is 11.5 Å². The van der Waals surface area contributed by atoms with Crippen LogP contribution < -0.4 is 15.4 Å². The van der Waals surface area contributed by atoms with E-state index < -0.39 is 0 Å². The minimum Gasteiger partial charge on any atom is -0.489 e. The van der Waals surface area contributed by atoms with Gasteiger partial charge in [-0.15, -0.1) is 0 Å². The number of rotatable bonds is 6. The zero-order chi connectivity index (χ0) is 18.5. The lowest BCUT2D eigenvalue weighted by atomic mass is 10.2. The summed E-state index contributed by atoms with van der Waals surface area (Å²) in [7, 11) is 1.57. The van der Waals surface area contributed by atoms with Crippen LogP contribution in [0.2, 0.25) is 0 Å². The molecule has 2 N–H and O–H groups in total. The molecule has 1 amide bonds. The van der Waals surface area contributed by atoms with Gasteiger partial charge in [0.05, 0.1) is 17.9 Å². The van der Waals surface area contributed by atoms with Gasteiger partial charge in [0.25, 0.3) is 5.91 Å². The third kappa shape index (κ3) is 4.12. The molecule has 0 atom stereocenters. The molecule has 134 valence electrons. The van der Waals surface area contributed by atoms with Crippen LogP contribution in [-0.2, 0) is 0 Å². The van der Waals surface area contributed by atoms with Crippen LogP contribution in [0.1, 0.15) is 24.2 Å². The molecular formula is C17H18N6O2S. The standard InChI is InChI=1S/C17H18N6O2S/c1-10(2)25-11-6-7-13(20-9-11)15-22-17(26-23-15)21-14-12(16(24)18-3)5-4-8-19-14/h4-10H,1-3H3,(H,18,24)(H,19,21,22,23). The first-order chi connectivity index (χ1) is 12.6. The van der Waals surface area contributed by atoms with Crippen molar-refractivity contribution in [2.45, 2.75) is 20.0 Å². The molecule has 0 aliphatic carbocycles. The van der Waals surface area contributed by atoms with Gasteiger partial charge in [-0.05, 0) is 38.1 Å². The molecule has 3 heterocycles. The van der Waals surface area contributed by atoms with Gasteiger partial charge < -0.3 is 15.4 Å². The molecular weight excluding hydrogens is 352 g/mol. The molecule has 0 aromatic carbocycles. The van der Waals surface area contributed by atoms with Crippen LogP contribution in [0.15, 0.2) is 36.7 Å². The summed E-state index contributed by atoms with van der Waals surface area (Å²) in [5.41, 5.74) is 1.07. The summed E-state index contributed by atoms with van der Waals surface area (Å²) in [6.45, 7) is 3.91. The highest BCUT2D eigenvalue weighted by Gasteiger charge is 2.14. The van der Waals surface area contributed by atoms with Gasteiger partial charge in [0, 0.05) is 24.8 Å². The van der Waals surface area contributed by atoms with Crippen LogP contribution in [0.3, 0.4) is 0 Å². The lowest BCUT2D eigenvalue weighted by Gasteiger charge is -2.08. The zero-order valence-corrected chi connectivity index (χ0v) is 15.4. The summed E-state index contributed by atoms with van der Waals surface area (Å²) in [6, 6.07) is 7.02. The highest BCUT2D eigenvalue weighted by atomic mass is 32.1. The highest BCUT2D eigenvalue weighted by Crippen LogP contribution is 2.24. The third-order valence-electron chi connectivity index (χ3n) is 3.27. The molecule has 0 fully saturated rings. The Morgan fingerprint density at radius 1 is 1.23 bits per heavy atom. The molecule has 9 heteroatoms. The van der Waals surface area contributed by atoms with E-state index in [0.29, 0.717) is 33.8 Å². The molecule has 0 saturated heterocycles. The Morgan fingerprint density at radius 2 is 2.08 bits per heavy atom.